The molecular weight excluding hydrogens is 284 g/mol. The summed E-state index contributed by atoms with van der Waals surface area (Å²) < 4.78 is 27.3. The van der Waals surface area contributed by atoms with Crippen LogP contribution in [0.1, 0.15) is 38.7 Å². The molecule has 21 heavy (non-hydrogen) atoms. The lowest BCUT2D eigenvalue weighted by atomic mass is 9.93. The van der Waals surface area contributed by atoms with E-state index in [0.717, 1.165) is 25.7 Å². The predicted molar refractivity (Wildman–Crippen MR) is 85.6 cm³/mol. The van der Waals surface area contributed by atoms with Crippen LogP contribution >= 0.6 is 0 Å². The first-order chi connectivity index (χ1) is 10.0. The molecule has 1 saturated heterocycles. The Bertz CT molecular complexity index is 554. The molecule has 1 fully saturated rings. The van der Waals surface area contributed by atoms with Gasteiger partial charge in [-0.1, -0.05) is 32.4 Å². The molecule has 2 N–H and O–H groups in total. The lowest BCUT2D eigenvalue weighted by molar-refractivity contribution is 0.192. The summed E-state index contributed by atoms with van der Waals surface area (Å²) in [5, 5.41) is 0. The summed E-state index contributed by atoms with van der Waals surface area (Å²) in [6, 6.07) is 7.21. The Morgan fingerprint density at radius 1 is 1.29 bits per heavy atom. The third kappa shape index (κ3) is 3.47. The monoisotopic (exact) mass is 310 g/mol. The van der Waals surface area contributed by atoms with Gasteiger partial charge in [0.25, 0.3) is 0 Å². The van der Waals surface area contributed by atoms with E-state index in [2.05, 4.69) is 13.8 Å². The maximum absolute atomic E-state index is 12.8. The second kappa shape index (κ2) is 6.90. The molecule has 1 aliphatic heterocycles. The number of aryl methyl sites for hydroxylation is 1. The third-order valence-electron chi connectivity index (χ3n) is 4.37. The molecule has 1 aromatic carbocycles. The van der Waals surface area contributed by atoms with Crippen molar-refractivity contribution in [1.82, 2.24) is 4.31 Å². The zero-order valence-corrected chi connectivity index (χ0v) is 13.8. The number of hydrogen-bond acceptors (Lipinski definition) is 3. The molecule has 1 heterocycles. The molecule has 2 atom stereocenters. The Morgan fingerprint density at radius 3 is 2.52 bits per heavy atom. The highest BCUT2D eigenvalue weighted by Crippen LogP contribution is 2.28. The van der Waals surface area contributed by atoms with Crippen molar-refractivity contribution in [1.29, 1.82) is 0 Å². The zero-order chi connectivity index (χ0) is 15.5. The molecule has 2 rings (SSSR count). The van der Waals surface area contributed by atoms with Gasteiger partial charge in [0.15, 0.2) is 0 Å². The van der Waals surface area contributed by atoms with Crippen molar-refractivity contribution < 1.29 is 8.42 Å². The van der Waals surface area contributed by atoms with Crippen molar-refractivity contribution in [2.24, 2.45) is 11.7 Å². The topological polar surface area (TPSA) is 63.4 Å². The van der Waals surface area contributed by atoms with Crippen molar-refractivity contribution in [3.05, 3.63) is 29.8 Å². The summed E-state index contributed by atoms with van der Waals surface area (Å²) in [5.74, 6) is 0.317. The number of piperidine rings is 1. The first-order valence-corrected chi connectivity index (χ1v) is 9.25. The van der Waals surface area contributed by atoms with Gasteiger partial charge in [-0.3, -0.25) is 0 Å². The number of sulfonamides is 1. The Morgan fingerprint density at radius 2 is 1.95 bits per heavy atom. The van der Waals surface area contributed by atoms with Crippen LogP contribution in [0.4, 0.5) is 0 Å². The van der Waals surface area contributed by atoms with E-state index in [-0.39, 0.29) is 6.04 Å². The van der Waals surface area contributed by atoms with E-state index in [1.807, 2.05) is 12.1 Å². The molecule has 0 radical (unpaired) electrons. The summed E-state index contributed by atoms with van der Waals surface area (Å²) in [4.78, 5) is 0.384. The van der Waals surface area contributed by atoms with E-state index < -0.39 is 10.0 Å². The summed E-state index contributed by atoms with van der Waals surface area (Å²) >= 11 is 0. The molecule has 118 valence electrons. The van der Waals surface area contributed by atoms with E-state index in [1.54, 1.807) is 16.4 Å². The van der Waals surface area contributed by atoms with E-state index in [0.29, 0.717) is 23.9 Å². The Hall–Kier alpha value is -0.910. The van der Waals surface area contributed by atoms with E-state index in [1.165, 1.54) is 5.56 Å². The van der Waals surface area contributed by atoms with Crippen LogP contribution in [0.5, 0.6) is 0 Å². The highest BCUT2D eigenvalue weighted by Gasteiger charge is 2.36. The average Bonchev–Trinajstić information content (AvgIpc) is 2.48. The van der Waals surface area contributed by atoms with Gasteiger partial charge in [-0.05, 0) is 42.9 Å². The third-order valence-corrected chi connectivity index (χ3v) is 6.31. The van der Waals surface area contributed by atoms with E-state index in [4.69, 9.17) is 5.73 Å². The minimum atomic E-state index is -3.43. The minimum absolute atomic E-state index is 0.0842. The summed E-state index contributed by atoms with van der Waals surface area (Å²) in [5.41, 5.74) is 7.00. The maximum Gasteiger partial charge on any atom is 0.243 e. The van der Waals surface area contributed by atoms with Crippen molar-refractivity contribution in [3.63, 3.8) is 0 Å². The highest BCUT2D eigenvalue weighted by molar-refractivity contribution is 7.89. The van der Waals surface area contributed by atoms with Crippen molar-refractivity contribution >= 4 is 10.0 Å². The fourth-order valence-corrected chi connectivity index (χ4v) is 4.88. The molecule has 2 unspecified atom stereocenters. The fourth-order valence-electron chi connectivity index (χ4n) is 3.11. The van der Waals surface area contributed by atoms with Gasteiger partial charge in [-0.25, -0.2) is 8.42 Å². The van der Waals surface area contributed by atoms with Gasteiger partial charge >= 0.3 is 0 Å². The lowest BCUT2D eigenvalue weighted by Gasteiger charge is -2.38. The number of nitrogens with zero attached hydrogens (tertiary/aromatic N) is 1. The first-order valence-electron chi connectivity index (χ1n) is 7.81. The Labute approximate surface area is 128 Å². The smallest absolute Gasteiger partial charge is 0.243 e. The number of rotatable bonds is 5. The van der Waals surface area contributed by atoms with Gasteiger partial charge in [-0.15, -0.1) is 0 Å². The normalized spacial score (nSPS) is 24.1. The molecule has 5 heteroatoms. The van der Waals surface area contributed by atoms with Gasteiger partial charge in [0.1, 0.15) is 0 Å². The van der Waals surface area contributed by atoms with E-state index >= 15 is 0 Å². The van der Waals surface area contributed by atoms with Gasteiger partial charge < -0.3 is 5.73 Å². The number of nitrogens with two attached hydrogens (primary N) is 1. The largest absolute Gasteiger partial charge is 0.329 e. The minimum Gasteiger partial charge on any atom is -0.329 e. The molecule has 0 saturated carbocycles. The van der Waals surface area contributed by atoms with Crippen LogP contribution in [0.2, 0.25) is 0 Å². The molecular formula is C16H26N2O2S. The molecule has 1 aliphatic rings. The first kappa shape index (κ1) is 16.5. The van der Waals surface area contributed by atoms with Crippen LogP contribution in [0.3, 0.4) is 0 Å². The molecule has 4 nitrogen and oxygen atoms in total. The van der Waals surface area contributed by atoms with E-state index in [9.17, 15) is 8.42 Å². The molecule has 0 aliphatic carbocycles. The Balaban J connectivity index is 2.27. The number of benzene rings is 1. The number of hydrogen-bond donors (Lipinski definition) is 1. The zero-order valence-electron chi connectivity index (χ0n) is 13.0. The predicted octanol–water partition coefficient (Wildman–Crippen LogP) is 2.39. The summed E-state index contributed by atoms with van der Waals surface area (Å²) in [7, 11) is -3.43. The molecule has 1 aromatic rings. The van der Waals surface area contributed by atoms with Gasteiger partial charge in [0.2, 0.25) is 10.0 Å². The Kier molecular flexibility index (Phi) is 5.41. The van der Waals surface area contributed by atoms with Crippen molar-refractivity contribution in [2.75, 3.05) is 13.1 Å². The van der Waals surface area contributed by atoms with Crippen LogP contribution < -0.4 is 5.73 Å². The SMILES string of the molecule is CCCc1ccc(S(=O)(=O)N2CCCC(C)C2CN)cc1. The maximum atomic E-state index is 12.8. The van der Waals surface area contributed by atoms with Crippen LogP contribution in [0, 0.1) is 5.92 Å². The molecule has 0 bridgehead atoms. The van der Waals surface area contributed by atoms with Crippen LogP contribution in [0.15, 0.2) is 29.2 Å². The molecule has 0 spiro atoms. The quantitative estimate of drug-likeness (QED) is 0.908. The molecule has 0 aromatic heterocycles. The molecule has 0 amide bonds. The lowest BCUT2D eigenvalue weighted by Crippen LogP contribution is -2.51. The highest BCUT2D eigenvalue weighted by atomic mass is 32.2. The van der Waals surface area contributed by atoms with Crippen LogP contribution in [-0.4, -0.2) is 31.9 Å². The summed E-state index contributed by atoms with van der Waals surface area (Å²) in [6.07, 6.45) is 3.99. The summed E-state index contributed by atoms with van der Waals surface area (Å²) in [6.45, 7) is 5.16. The second-order valence-electron chi connectivity index (χ2n) is 5.93. The fraction of sp³-hybridized carbons (Fsp3) is 0.625. The van der Waals surface area contributed by atoms with Crippen molar-refractivity contribution in [3.8, 4) is 0 Å². The van der Waals surface area contributed by atoms with Gasteiger partial charge in [0.05, 0.1) is 4.90 Å². The van der Waals surface area contributed by atoms with Gasteiger partial charge in [-0.2, -0.15) is 4.31 Å². The van der Waals surface area contributed by atoms with Gasteiger partial charge in [0, 0.05) is 19.1 Å². The van der Waals surface area contributed by atoms with Crippen molar-refractivity contribution in [2.45, 2.75) is 50.5 Å². The standard InChI is InChI=1S/C16H26N2O2S/c1-3-5-14-7-9-15(10-8-14)21(19,20)18-11-4-6-13(2)16(18)12-17/h7-10,13,16H,3-6,11-12,17H2,1-2H3. The average molecular weight is 310 g/mol. The second-order valence-corrected chi connectivity index (χ2v) is 7.82. The van der Waals surface area contributed by atoms with Crippen LogP contribution in [-0.2, 0) is 16.4 Å². The van der Waals surface area contributed by atoms with Crippen LogP contribution in [0.25, 0.3) is 0 Å².